The van der Waals surface area contributed by atoms with Gasteiger partial charge in [-0.25, -0.2) is 9.13 Å². The molecule has 4 aromatic rings. The zero-order valence-corrected chi connectivity index (χ0v) is 20.1. The quantitative estimate of drug-likeness (QED) is 0.143. The highest BCUT2D eigenvalue weighted by atomic mass is 127. The first-order chi connectivity index (χ1) is 12.3. The van der Waals surface area contributed by atoms with E-state index in [9.17, 15) is 0 Å². The lowest BCUT2D eigenvalue weighted by atomic mass is 10.0. The van der Waals surface area contributed by atoms with Crippen LogP contribution in [0.1, 0.15) is 32.6 Å². The van der Waals surface area contributed by atoms with Crippen LogP contribution in [0.3, 0.4) is 0 Å². The molecule has 0 spiro atoms. The molecule has 0 aliphatic heterocycles. The lowest BCUT2D eigenvalue weighted by molar-refractivity contribution is -0.696. The standard InChI is InChI=1S/C23H25N2.2HI/c1-2-3-4-7-13-24-14-15-25(18-24)23-12-8-11-21-16-19-9-5-6-10-20(19)17-22(21)23;;/h5-6,8-12,14-18H,2-4,7,13H2,1H3;2*1H/q+1;;/p-1. The molecule has 0 aliphatic rings. The number of halogens is 2. The fourth-order valence-electron chi connectivity index (χ4n) is 3.57. The van der Waals surface area contributed by atoms with Gasteiger partial charge in [0.25, 0.3) is 0 Å². The van der Waals surface area contributed by atoms with E-state index in [1.54, 1.807) is 0 Å². The number of hydrogen-bond acceptors (Lipinski definition) is 0. The van der Waals surface area contributed by atoms with Crippen molar-refractivity contribution in [2.45, 2.75) is 39.2 Å². The molecule has 142 valence electrons. The van der Waals surface area contributed by atoms with E-state index in [1.165, 1.54) is 52.9 Å². The van der Waals surface area contributed by atoms with Crippen molar-refractivity contribution >= 4 is 45.5 Å². The largest absolute Gasteiger partial charge is 1.00 e. The summed E-state index contributed by atoms with van der Waals surface area (Å²) in [5, 5.41) is 5.18. The Kier molecular flexibility index (Phi) is 8.54. The van der Waals surface area contributed by atoms with E-state index in [0.717, 1.165) is 6.54 Å². The molecule has 27 heavy (non-hydrogen) atoms. The van der Waals surface area contributed by atoms with Crippen molar-refractivity contribution in [2.24, 2.45) is 0 Å². The zero-order chi connectivity index (χ0) is 17.1. The molecule has 3 aromatic carbocycles. The highest BCUT2D eigenvalue weighted by molar-refractivity contribution is 14.0. The van der Waals surface area contributed by atoms with Crippen LogP contribution in [0.2, 0.25) is 0 Å². The first-order valence-corrected chi connectivity index (χ1v) is 9.34. The molecule has 0 unspecified atom stereocenters. The van der Waals surface area contributed by atoms with Gasteiger partial charge in [0, 0.05) is 5.39 Å². The second-order valence-corrected chi connectivity index (χ2v) is 6.82. The lowest BCUT2D eigenvalue weighted by Gasteiger charge is -2.05. The topological polar surface area (TPSA) is 8.81 Å². The van der Waals surface area contributed by atoms with Crippen LogP contribution in [0.4, 0.5) is 0 Å². The molecule has 4 heteroatoms. The highest BCUT2D eigenvalue weighted by Crippen LogP contribution is 2.27. The first kappa shape index (κ1) is 22.1. The number of fused-ring (bicyclic) bond motifs is 2. The first-order valence-electron chi connectivity index (χ1n) is 9.34. The van der Waals surface area contributed by atoms with Crippen molar-refractivity contribution < 1.29 is 28.5 Å². The molecule has 0 atom stereocenters. The Hall–Kier alpha value is -1.15. The molecule has 0 saturated carbocycles. The molecule has 0 amide bonds. The number of aromatic nitrogens is 2. The molecule has 0 radical (unpaired) electrons. The van der Waals surface area contributed by atoms with Crippen LogP contribution >= 0.6 is 24.0 Å². The minimum atomic E-state index is 0. The highest BCUT2D eigenvalue weighted by Gasteiger charge is 2.11. The molecule has 0 saturated heterocycles. The van der Waals surface area contributed by atoms with Crippen molar-refractivity contribution in [1.82, 2.24) is 4.57 Å². The van der Waals surface area contributed by atoms with Crippen LogP contribution in [0.25, 0.3) is 27.2 Å². The van der Waals surface area contributed by atoms with Crippen molar-refractivity contribution in [3.63, 3.8) is 0 Å². The third-order valence-electron chi connectivity index (χ3n) is 4.96. The van der Waals surface area contributed by atoms with Gasteiger partial charge in [0.2, 0.25) is 6.33 Å². The van der Waals surface area contributed by atoms with Crippen LogP contribution in [0, 0.1) is 0 Å². The number of unbranched alkanes of at least 4 members (excludes halogenated alkanes) is 3. The van der Waals surface area contributed by atoms with Crippen molar-refractivity contribution in [2.75, 3.05) is 0 Å². The smallest absolute Gasteiger partial charge is 0.248 e. The summed E-state index contributed by atoms with van der Waals surface area (Å²) < 4.78 is 4.55. The van der Waals surface area contributed by atoms with Gasteiger partial charge in [-0.15, -0.1) is 24.0 Å². The van der Waals surface area contributed by atoms with E-state index in [-0.39, 0.29) is 48.0 Å². The summed E-state index contributed by atoms with van der Waals surface area (Å²) in [7, 11) is 0. The summed E-state index contributed by atoms with van der Waals surface area (Å²) in [6.45, 7) is 3.36. The normalized spacial score (nSPS) is 10.6. The maximum Gasteiger partial charge on any atom is 0.248 e. The van der Waals surface area contributed by atoms with Crippen LogP contribution < -0.4 is 28.5 Å². The van der Waals surface area contributed by atoms with Crippen molar-refractivity contribution in [1.29, 1.82) is 0 Å². The Morgan fingerprint density at radius 1 is 0.852 bits per heavy atom. The van der Waals surface area contributed by atoms with Crippen LogP contribution in [0.15, 0.2) is 73.3 Å². The number of benzene rings is 3. The van der Waals surface area contributed by atoms with Gasteiger partial charge in [0.15, 0.2) is 0 Å². The number of hydrogen-bond donors (Lipinski definition) is 0. The van der Waals surface area contributed by atoms with Gasteiger partial charge < -0.3 is 24.0 Å². The molecule has 0 bridgehead atoms. The summed E-state index contributed by atoms with van der Waals surface area (Å²) in [5.74, 6) is 0. The van der Waals surface area contributed by atoms with Gasteiger partial charge in [-0.05, 0) is 47.2 Å². The maximum atomic E-state index is 2.31. The fraction of sp³-hybridized carbons (Fsp3) is 0.261. The van der Waals surface area contributed by atoms with Gasteiger partial charge in [-0.3, -0.25) is 0 Å². The molecule has 0 fully saturated rings. The molecule has 2 nitrogen and oxygen atoms in total. The summed E-state index contributed by atoms with van der Waals surface area (Å²) in [6.07, 6.45) is 11.8. The third kappa shape index (κ3) is 5.02. The maximum absolute atomic E-state index is 2.31. The second kappa shape index (κ2) is 10.4. The summed E-state index contributed by atoms with van der Waals surface area (Å²) in [4.78, 5) is 0. The Morgan fingerprint density at radius 3 is 2.37 bits per heavy atom. The number of imidazole rings is 1. The van der Waals surface area contributed by atoms with Crippen molar-refractivity contribution in [3.8, 4) is 5.69 Å². The summed E-state index contributed by atoms with van der Waals surface area (Å²) in [6, 6.07) is 19.7. The van der Waals surface area contributed by atoms with E-state index in [2.05, 4.69) is 89.4 Å². The Bertz CT molecular complexity index is 1010. The van der Waals surface area contributed by atoms with E-state index in [4.69, 9.17) is 0 Å². The van der Waals surface area contributed by atoms with Gasteiger partial charge in [-0.2, -0.15) is 0 Å². The van der Waals surface area contributed by atoms with Crippen LogP contribution in [0.5, 0.6) is 0 Å². The monoisotopic (exact) mass is 584 g/mol. The van der Waals surface area contributed by atoms with E-state index in [1.807, 2.05) is 0 Å². The predicted molar refractivity (Wildman–Crippen MR) is 121 cm³/mol. The molecule has 0 aliphatic carbocycles. The minimum Gasteiger partial charge on any atom is -1.00 e. The van der Waals surface area contributed by atoms with E-state index >= 15 is 0 Å². The SMILES string of the molecule is CCCCCC[n+]1ccn(-c2cccc3cc4ccccc4cc23)c1.I.[I-]. The molecular weight excluding hydrogens is 558 g/mol. The van der Waals surface area contributed by atoms with Gasteiger partial charge in [0.1, 0.15) is 18.1 Å². The molecule has 4 rings (SSSR count). The van der Waals surface area contributed by atoms with E-state index in [0.29, 0.717) is 0 Å². The number of nitrogens with zero attached hydrogens (tertiary/aromatic N) is 2. The summed E-state index contributed by atoms with van der Waals surface area (Å²) >= 11 is 0. The van der Waals surface area contributed by atoms with E-state index < -0.39 is 0 Å². The van der Waals surface area contributed by atoms with Crippen LogP contribution in [-0.2, 0) is 6.54 Å². The molecule has 1 heterocycles. The molecular formula is C23H26I2N2. The van der Waals surface area contributed by atoms with Crippen LogP contribution in [-0.4, -0.2) is 4.57 Å². The molecule has 0 N–H and O–H groups in total. The van der Waals surface area contributed by atoms with Gasteiger partial charge in [0.05, 0.1) is 6.54 Å². The second-order valence-electron chi connectivity index (χ2n) is 6.82. The minimum absolute atomic E-state index is 0. The predicted octanol–water partition coefficient (Wildman–Crippen LogP) is 3.27. The summed E-state index contributed by atoms with van der Waals surface area (Å²) in [5.41, 5.74) is 1.25. The zero-order valence-electron chi connectivity index (χ0n) is 15.6. The number of aryl methyl sites for hydroxylation is 1. The third-order valence-corrected chi connectivity index (χ3v) is 4.96. The fourth-order valence-corrected chi connectivity index (χ4v) is 3.57. The Balaban J connectivity index is 0.00000131. The average Bonchev–Trinajstić information content (AvgIpc) is 3.12. The lowest BCUT2D eigenvalue weighted by Crippen LogP contribution is -3.00. The number of rotatable bonds is 6. The average molecular weight is 584 g/mol. The van der Waals surface area contributed by atoms with Gasteiger partial charge >= 0.3 is 0 Å². The molecule has 1 aromatic heterocycles. The van der Waals surface area contributed by atoms with Gasteiger partial charge in [-0.1, -0.05) is 56.2 Å². The Morgan fingerprint density at radius 2 is 1.59 bits per heavy atom. The van der Waals surface area contributed by atoms with Crippen molar-refractivity contribution in [3.05, 3.63) is 73.3 Å². The Labute approximate surface area is 195 Å².